The largest absolute Gasteiger partial charge is 0.417 e. The van der Waals surface area contributed by atoms with E-state index in [4.69, 9.17) is 4.42 Å². The van der Waals surface area contributed by atoms with Gasteiger partial charge >= 0.3 is 5.76 Å². The van der Waals surface area contributed by atoms with Crippen LogP contribution in [0, 0.1) is 0 Å². The minimum atomic E-state index is -0.388. The Morgan fingerprint density at radius 3 is 3.05 bits per heavy atom. The number of aromatic amines is 1. The predicted molar refractivity (Wildman–Crippen MR) is 87.5 cm³/mol. The van der Waals surface area contributed by atoms with Crippen molar-refractivity contribution < 1.29 is 4.42 Å². The van der Waals surface area contributed by atoms with Gasteiger partial charge in [0.1, 0.15) is 0 Å². The van der Waals surface area contributed by atoms with Gasteiger partial charge in [-0.2, -0.15) is 0 Å². The number of aromatic nitrogens is 1. The molecule has 1 aliphatic heterocycles. The fourth-order valence-corrected chi connectivity index (χ4v) is 3.26. The van der Waals surface area contributed by atoms with Gasteiger partial charge in [-0.1, -0.05) is 24.3 Å². The van der Waals surface area contributed by atoms with E-state index < -0.39 is 0 Å². The second-order valence-corrected chi connectivity index (χ2v) is 5.81. The molecule has 1 aliphatic rings. The lowest BCUT2D eigenvalue weighted by Crippen LogP contribution is -2.22. The maximum absolute atomic E-state index is 11.2. The predicted octanol–water partition coefficient (Wildman–Crippen LogP) is 3.12. The van der Waals surface area contributed by atoms with Crippen LogP contribution < -0.4 is 10.7 Å². The van der Waals surface area contributed by atoms with Crippen LogP contribution in [0.3, 0.4) is 0 Å². The first-order chi connectivity index (χ1) is 10.8. The van der Waals surface area contributed by atoms with Gasteiger partial charge in [-0.3, -0.25) is 4.98 Å². The highest BCUT2D eigenvalue weighted by Gasteiger charge is 2.17. The monoisotopic (exact) mass is 294 g/mol. The molecule has 1 aromatic heterocycles. The third-order valence-corrected chi connectivity index (χ3v) is 4.36. The zero-order chi connectivity index (χ0) is 14.9. The van der Waals surface area contributed by atoms with E-state index in [-0.39, 0.29) is 5.76 Å². The quantitative estimate of drug-likeness (QED) is 0.804. The molecular formula is C18H18N2O2. The lowest BCUT2D eigenvalue weighted by Gasteiger charge is -2.19. The van der Waals surface area contributed by atoms with Crippen molar-refractivity contribution in [3.8, 4) is 0 Å². The molecule has 3 aromatic rings. The Labute approximate surface area is 128 Å². The normalized spacial score (nSPS) is 13.7. The average Bonchev–Trinajstić information content (AvgIpc) is 3.10. The first-order valence-electron chi connectivity index (χ1n) is 7.74. The van der Waals surface area contributed by atoms with Crippen LogP contribution in [0.2, 0.25) is 0 Å². The third-order valence-electron chi connectivity index (χ3n) is 4.36. The summed E-state index contributed by atoms with van der Waals surface area (Å²) in [4.78, 5) is 16.3. The molecule has 1 N–H and O–H groups in total. The van der Waals surface area contributed by atoms with Crippen LogP contribution in [0.15, 0.2) is 51.7 Å². The fourth-order valence-electron chi connectivity index (χ4n) is 3.26. The molecule has 4 nitrogen and oxygen atoms in total. The van der Waals surface area contributed by atoms with Gasteiger partial charge in [0.25, 0.3) is 0 Å². The standard InChI is InChI=1S/C18H18N2O2/c21-18-19-15-8-7-13(12-17(15)22-18)4-3-10-20-11-9-14-5-1-2-6-16(14)20/h1-2,5-8,12H,3-4,9-11H2,(H,19,21). The highest BCUT2D eigenvalue weighted by molar-refractivity contribution is 5.72. The molecular weight excluding hydrogens is 276 g/mol. The number of nitrogens with zero attached hydrogens (tertiary/aromatic N) is 1. The van der Waals surface area contributed by atoms with E-state index in [0.717, 1.165) is 37.9 Å². The number of hydrogen-bond acceptors (Lipinski definition) is 3. The van der Waals surface area contributed by atoms with Crippen molar-refractivity contribution in [1.29, 1.82) is 0 Å². The van der Waals surface area contributed by atoms with Crippen LogP contribution in [0.25, 0.3) is 11.1 Å². The van der Waals surface area contributed by atoms with Gasteiger partial charge in [-0.05, 0) is 48.6 Å². The molecule has 0 saturated heterocycles. The van der Waals surface area contributed by atoms with Gasteiger partial charge in [-0.25, -0.2) is 4.79 Å². The van der Waals surface area contributed by atoms with Crippen molar-refractivity contribution in [2.24, 2.45) is 0 Å². The molecule has 0 spiro atoms. The SMILES string of the molecule is O=c1[nH]c2ccc(CCCN3CCc4ccccc43)cc2o1. The Morgan fingerprint density at radius 1 is 1.18 bits per heavy atom. The van der Waals surface area contributed by atoms with Gasteiger partial charge in [-0.15, -0.1) is 0 Å². The van der Waals surface area contributed by atoms with Gasteiger partial charge in [0.2, 0.25) is 0 Å². The number of nitrogens with one attached hydrogen (secondary N) is 1. The Morgan fingerprint density at radius 2 is 2.09 bits per heavy atom. The number of hydrogen-bond donors (Lipinski definition) is 1. The molecule has 4 heteroatoms. The number of anilines is 1. The molecule has 4 rings (SSSR count). The number of rotatable bonds is 4. The minimum absolute atomic E-state index is 0.388. The summed E-state index contributed by atoms with van der Waals surface area (Å²) in [5.41, 5.74) is 5.46. The number of fused-ring (bicyclic) bond motifs is 2. The second-order valence-electron chi connectivity index (χ2n) is 5.81. The van der Waals surface area contributed by atoms with Gasteiger partial charge in [0, 0.05) is 18.8 Å². The van der Waals surface area contributed by atoms with Gasteiger partial charge in [0.05, 0.1) is 5.52 Å². The molecule has 0 fully saturated rings. The summed E-state index contributed by atoms with van der Waals surface area (Å²) >= 11 is 0. The topological polar surface area (TPSA) is 49.2 Å². The molecule has 0 unspecified atom stereocenters. The molecule has 112 valence electrons. The fraction of sp³-hybridized carbons (Fsp3) is 0.278. The van der Waals surface area contributed by atoms with Crippen molar-refractivity contribution in [3.63, 3.8) is 0 Å². The van der Waals surface area contributed by atoms with Gasteiger partial charge in [0.15, 0.2) is 5.58 Å². The van der Waals surface area contributed by atoms with E-state index >= 15 is 0 Å². The summed E-state index contributed by atoms with van der Waals surface area (Å²) in [6.07, 6.45) is 3.23. The summed E-state index contributed by atoms with van der Waals surface area (Å²) in [6, 6.07) is 14.6. The second kappa shape index (κ2) is 5.37. The smallest absolute Gasteiger partial charge is 0.408 e. The maximum atomic E-state index is 11.2. The van der Waals surface area contributed by atoms with E-state index in [1.54, 1.807) is 0 Å². The minimum Gasteiger partial charge on any atom is -0.408 e. The number of oxazole rings is 1. The Hall–Kier alpha value is -2.49. The van der Waals surface area contributed by atoms with Crippen LogP contribution in [0.1, 0.15) is 17.5 Å². The lowest BCUT2D eigenvalue weighted by atomic mass is 10.1. The zero-order valence-electron chi connectivity index (χ0n) is 12.3. The molecule has 0 saturated carbocycles. The summed E-state index contributed by atoms with van der Waals surface area (Å²) in [5, 5.41) is 0. The molecule has 0 aliphatic carbocycles. The molecule has 0 bridgehead atoms. The number of H-pyrrole nitrogens is 1. The van der Waals surface area contributed by atoms with Gasteiger partial charge < -0.3 is 9.32 Å². The van der Waals surface area contributed by atoms with E-state index in [9.17, 15) is 4.79 Å². The first kappa shape index (κ1) is 13.2. The molecule has 0 radical (unpaired) electrons. The average molecular weight is 294 g/mol. The van der Waals surface area contributed by atoms with Crippen molar-refractivity contribution in [1.82, 2.24) is 4.98 Å². The lowest BCUT2D eigenvalue weighted by molar-refractivity contribution is 0.555. The Bertz CT molecular complexity index is 863. The van der Waals surface area contributed by atoms with Crippen molar-refractivity contribution in [2.45, 2.75) is 19.3 Å². The third kappa shape index (κ3) is 2.41. The van der Waals surface area contributed by atoms with Crippen LogP contribution in [0.5, 0.6) is 0 Å². The molecule has 22 heavy (non-hydrogen) atoms. The van der Waals surface area contributed by atoms with Crippen LogP contribution in [0.4, 0.5) is 5.69 Å². The van der Waals surface area contributed by atoms with E-state index in [1.165, 1.54) is 16.8 Å². The number of aryl methyl sites for hydroxylation is 1. The van der Waals surface area contributed by atoms with Crippen LogP contribution in [-0.2, 0) is 12.8 Å². The number of para-hydroxylation sites is 1. The molecule has 2 aromatic carbocycles. The maximum Gasteiger partial charge on any atom is 0.417 e. The summed E-state index contributed by atoms with van der Waals surface area (Å²) in [6.45, 7) is 2.18. The summed E-state index contributed by atoms with van der Waals surface area (Å²) in [7, 11) is 0. The van der Waals surface area contributed by atoms with Crippen LogP contribution >= 0.6 is 0 Å². The van der Waals surface area contributed by atoms with E-state index in [1.807, 2.05) is 12.1 Å². The highest BCUT2D eigenvalue weighted by atomic mass is 16.4. The molecule has 0 atom stereocenters. The van der Waals surface area contributed by atoms with Crippen LogP contribution in [-0.4, -0.2) is 18.1 Å². The first-order valence-corrected chi connectivity index (χ1v) is 7.74. The molecule has 0 amide bonds. The summed E-state index contributed by atoms with van der Waals surface area (Å²) in [5.74, 6) is -0.388. The zero-order valence-corrected chi connectivity index (χ0v) is 12.3. The van der Waals surface area contributed by atoms with E-state index in [0.29, 0.717) is 5.58 Å². The Balaban J connectivity index is 1.41. The highest BCUT2D eigenvalue weighted by Crippen LogP contribution is 2.27. The molecule has 2 heterocycles. The van der Waals surface area contributed by atoms with E-state index in [2.05, 4.69) is 40.2 Å². The van der Waals surface area contributed by atoms with Crippen molar-refractivity contribution >= 4 is 16.8 Å². The summed E-state index contributed by atoms with van der Waals surface area (Å²) < 4.78 is 5.11. The number of benzene rings is 2. The van der Waals surface area contributed by atoms with Crippen molar-refractivity contribution in [3.05, 3.63) is 64.1 Å². The Kier molecular flexibility index (Phi) is 3.22. The van der Waals surface area contributed by atoms with Crippen molar-refractivity contribution in [2.75, 3.05) is 18.0 Å².